The highest BCUT2D eigenvalue weighted by atomic mass is 32.2. The number of piperazine rings is 1. The number of aliphatic hydroxyl groups excluding tert-OH is 1. The van der Waals surface area contributed by atoms with Crippen molar-refractivity contribution in [2.45, 2.75) is 32.9 Å². The van der Waals surface area contributed by atoms with Crippen LogP contribution in [0.3, 0.4) is 0 Å². The zero-order valence-corrected chi connectivity index (χ0v) is 15.8. The molecule has 138 valence electrons. The van der Waals surface area contributed by atoms with Gasteiger partial charge in [-0.3, -0.25) is 9.69 Å². The molecule has 2 heterocycles. The van der Waals surface area contributed by atoms with Gasteiger partial charge in [-0.25, -0.2) is 8.42 Å². The minimum atomic E-state index is -3.17. The molecule has 2 aliphatic rings. The number of carbonyl (C=O) groups is 1. The zero-order chi connectivity index (χ0) is 18.4. The molecule has 1 aromatic carbocycles. The lowest BCUT2D eigenvalue weighted by molar-refractivity contribution is 0.0280. The second-order valence-corrected chi connectivity index (χ2v) is 9.37. The lowest BCUT2D eigenvalue weighted by atomic mass is 9.97. The van der Waals surface area contributed by atoms with Crippen LogP contribution in [-0.4, -0.2) is 79.1 Å². The molecule has 2 fully saturated rings. The SMILES string of the molecule is Cc1cc(C)c(C(=O)N2CCN(CCO)[C@@H]3CS(=O)(=O)C[C@@H]32)cc1C. The summed E-state index contributed by atoms with van der Waals surface area (Å²) in [4.78, 5) is 16.9. The normalized spacial score (nSPS) is 25.8. The summed E-state index contributed by atoms with van der Waals surface area (Å²) in [7, 11) is -3.17. The van der Waals surface area contributed by atoms with E-state index in [0.717, 1.165) is 16.7 Å². The molecule has 1 aromatic rings. The quantitative estimate of drug-likeness (QED) is 0.844. The Morgan fingerprint density at radius 2 is 1.72 bits per heavy atom. The summed E-state index contributed by atoms with van der Waals surface area (Å²) in [5.41, 5.74) is 3.77. The maximum atomic E-state index is 13.2. The summed E-state index contributed by atoms with van der Waals surface area (Å²) >= 11 is 0. The summed E-state index contributed by atoms with van der Waals surface area (Å²) in [6, 6.07) is 3.36. The first-order valence-electron chi connectivity index (χ1n) is 8.67. The molecule has 2 aliphatic heterocycles. The van der Waals surface area contributed by atoms with Crippen LogP contribution in [0.25, 0.3) is 0 Å². The van der Waals surface area contributed by atoms with Gasteiger partial charge in [0, 0.05) is 31.2 Å². The number of hydrogen-bond donors (Lipinski definition) is 1. The van der Waals surface area contributed by atoms with Gasteiger partial charge in [-0.15, -0.1) is 0 Å². The lowest BCUT2D eigenvalue weighted by Gasteiger charge is -2.43. The van der Waals surface area contributed by atoms with E-state index in [1.807, 2.05) is 37.8 Å². The molecule has 2 saturated heterocycles. The highest BCUT2D eigenvalue weighted by molar-refractivity contribution is 7.91. The molecule has 6 nitrogen and oxygen atoms in total. The number of aryl methyl sites for hydroxylation is 3. The maximum Gasteiger partial charge on any atom is 0.254 e. The van der Waals surface area contributed by atoms with Gasteiger partial charge in [0.25, 0.3) is 5.91 Å². The molecule has 1 N–H and O–H groups in total. The van der Waals surface area contributed by atoms with Crippen LogP contribution in [0.2, 0.25) is 0 Å². The third kappa shape index (κ3) is 3.45. The van der Waals surface area contributed by atoms with Gasteiger partial charge >= 0.3 is 0 Å². The number of benzene rings is 1. The van der Waals surface area contributed by atoms with Gasteiger partial charge in [0.15, 0.2) is 9.84 Å². The highest BCUT2D eigenvalue weighted by Crippen LogP contribution is 2.29. The van der Waals surface area contributed by atoms with Crippen LogP contribution in [0.4, 0.5) is 0 Å². The van der Waals surface area contributed by atoms with Gasteiger partial charge < -0.3 is 10.0 Å². The average Bonchev–Trinajstić information content (AvgIpc) is 2.86. The average molecular weight is 366 g/mol. The Balaban J connectivity index is 1.92. The number of amides is 1. The molecule has 1 amide bonds. The van der Waals surface area contributed by atoms with Crippen molar-refractivity contribution in [2.75, 3.05) is 37.7 Å². The van der Waals surface area contributed by atoms with E-state index in [0.29, 0.717) is 25.2 Å². The molecule has 3 rings (SSSR count). The number of sulfone groups is 1. The van der Waals surface area contributed by atoms with Gasteiger partial charge in [-0.05, 0) is 43.5 Å². The summed E-state index contributed by atoms with van der Waals surface area (Å²) in [5.74, 6) is -0.0147. The number of carbonyl (C=O) groups excluding carboxylic acids is 1. The first kappa shape index (κ1) is 18.4. The van der Waals surface area contributed by atoms with Crippen molar-refractivity contribution >= 4 is 15.7 Å². The molecule has 25 heavy (non-hydrogen) atoms. The fourth-order valence-corrected chi connectivity index (χ4v) is 6.04. The molecule has 0 aliphatic carbocycles. The molecule has 0 aromatic heterocycles. The maximum absolute atomic E-state index is 13.2. The third-order valence-corrected chi connectivity index (χ3v) is 7.21. The van der Waals surface area contributed by atoms with Crippen molar-refractivity contribution in [3.8, 4) is 0 Å². The van der Waals surface area contributed by atoms with E-state index < -0.39 is 9.84 Å². The predicted molar refractivity (Wildman–Crippen MR) is 96.6 cm³/mol. The first-order valence-corrected chi connectivity index (χ1v) is 10.5. The summed E-state index contributed by atoms with van der Waals surface area (Å²) in [6.45, 7) is 7.44. The van der Waals surface area contributed by atoms with Crippen LogP contribution in [-0.2, 0) is 9.84 Å². The third-order valence-electron chi connectivity index (χ3n) is 5.51. The van der Waals surface area contributed by atoms with Crippen molar-refractivity contribution in [2.24, 2.45) is 0 Å². The topological polar surface area (TPSA) is 77.9 Å². The number of rotatable bonds is 3. The molecule has 0 radical (unpaired) electrons. The van der Waals surface area contributed by atoms with Crippen molar-refractivity contribution in [3.05, 3.63) is 34.4 Å². The van der Waals surface area contributed by atoms with Gasteiger partial charge in [-0.2, -0.15) is 0 Å². The van der Waals surface area contributed by atoms with Crippen molar-refractivity contribution in [3.63, 3.8) is 0 Å². The lowest BCUT2D eigenvalue weighted by Crippen LogP contribution is -2.61. The molecule has 0 unspecified atom stereocenters. The van der Waals surface area contributed by atoms with E-state index in [-0.39, 0.29) is 36.1 Å². The van der Waals surface area contributed by atoms with E-state index in [1.54, 1.807) is 4.90 Å². The van der Waals surface area contributed by atoms with Crippen LogP contribution >= 0.6 is 0 Å². The molecular weight excluding hydrogens is 340 g/mol. The van der Waals surface area contributed by atoms with Gasteiger partial charge in [0.1, 0.15) is 0 Å². The standard InChI is InChI=1S/C18H26N2O4S/c1-12-8-14(3)15(9-13(12)2)18(22)20-5-4-19(6-7-21)16-10-25(23,24)11-17(16)20/h8-9,16-17,21H,4-7,10-11H2,1-3H3/t16-,17+/m1/s1. The Morgan fingerprint density at radius 3 is 2.40 bits per heavy atom. The molecule has 0 spiro atoms. The Bertz CT molecular complexity index is 791. The van der Waals surface area contributed by atoms with Crippen molar-refractivity contribution in [1.82, 2.24) is 9.80 Å². The Hall–Kier alpha value is -1.44. The van der Waals surface area contributed by atoms with E-state index >= 15 is 0 Å². The largest absolute Gasteiger partial charge is 0.395 e. The van der Waals surface area contributed by atoms with Crippen molar-refractivity contribution in [1.29, 1.82) is 0 Å². The monoisotopic (exact) mass is 366 g/mol. The smallest absolute Gasteiger partial charge is 0.254 e. The first-order chi connectivity index (χ1) is 11.7. The predicted octanol–water partition coefficient (Wildman–Crippen LogP) is 0.528. The minimum absolute atomic E-state index is 0.00647. The van der Waals surface area contributed by atoms with Gasteiger partial charge in [-0.1, -0.05) is 6.07 Å². The van der Waals surface area contributed by atoms with E-state index in [4.69, 9.17) is 0 Å². The molecule has 0 bridgehead atoms. The summed E-state index contributed by atoms with van der Waals surface area (Å²) in [6.07, 6.45) is 0. The molecule has 7 heteroatoms. The van der Waals surface area contributed by atoms with Crippen LogP contribution in [0, 0.1) is 20.8 Å². The van der Waals surface area contributed by atoms with E-state index in [1.165, 1.54) is 0 Å². The highest BCUT2D eigenvalue weighted by Gasteiger charge is 2.48. The van der Waals surface area contributed by atoms with Crippen LogP contribution in [0.15, 0.2) is 12.1 Å². The second-order valence-electron chi connectivity index (χ2n) is 7.22. The number of aliphatic hydroxyl groups is 1. The van der Waals surface area contributed by atoms with Crippen molar-refractivity contribution < 1.29 is 18.3 Å². The van der Waals surface area contributed by atoms with E-state index in [9.17, 15) is 18.3 Å². The molecular formula is C18H26N2O4S. The van der Waals surface area contributed by atoms with E-state index in [2.05, 4.69) is 0 Å². The fourth-order valence-electron chi connectivity index (χ4n) is 4.03. The zero-order valence-electron chi connectivity index (χ0n) is 15.0. The number of β-amino-alcohol motifs (C(OH)–C–C–N with tert-alkyl or cyclic N) is 1. The summed E-state index contributed by atoms with van der Waals surface area (Å²) < 4.78 is 24.4. The Labute approximate surface area is 149 Å². The molecule has 2 atom stereocenters. The van der Waals surface area contributed by atoms with Gasteiger partial charge in [0.05, 0.1) is 24.2 Å². The van der Waals surface area contributed by atoms with Crippen LogP contribution in [0.1, 0.15) is 27.0 Å². The number of hydrogen-bond acceptors (Lipinski definition) is 5. The fraction of sp³-hybridized carbons (Fsp3) is 0.611. The second kappa shape index (κ2) is 6.70. The Kier molecular flexibility index (Phi) is 4.92. The number of fused-ring (bicyclic) bond motifs is 1. The summed E-state index contributed by atoms with van der Waals surface area (Å²) in [5, 5.41) is 9.24. The van der Waals surface area contributed by atoms with Gasteiger partial charge in [0.2, 0.25) is 0 Å². The minimum Gasteiger partial charge on any atom is -0.395 e. The van der Waals surface area contributed by atoms with Crippen LogP contribution in [0.5, 0.6) is 0 Å². The van der Waals surface area contributed by atoms with Crippen LogP contribution < -0.4 is 0 Å². The Morgan fingerprint density at radius 1 is 1.08 bits per heavy atom. The molecule has 0 saturated carbocycles. The number of nitrogens with zero attached hydrogens (tertiary/aromatic N) is 2.